The molecule has 0 heterocycles. The zero-order chi connectivity index (χ0) is 9.72. The van der Waals surface area contributed by atoms with Crippen LogP contribution in [0.15, 0.2) is 24.3 Å². The van der Waals surface area contributed by atoms with Gasteiger partial charge in [0, 0.05) is 6.04 Å². The lowest BCUT2D eigenvalue weighted by Crippen LogP contribution is -2.33. The molecular weight excluding hydrogens is 146 g/mol. The van der Waals surface area contributed by atoms with Crippen LogP contribution in [-0.4, -0.2) is 25.0 Å². The molecule has 0 bridgehead atoms. The zero-order valence-electron chi connectivity index (χ0n) is 8.96. The molecule has 0 radical (unpaired) electrons. The smallest absolute Gasteiger partial charge is 0.0324 e. The van der Waals surface area contributed by atoms with Crippen molar-refractivity contribution in [2.45, 2.75) is 26.8 Å². The Morgan fingerprint density at radius 2 is 1.83 bits per heavy atom. The van der Waals surface area contributed by atoms with Crippen LogP contribution in [0.4, 0.5) is 0 Å². The predicted octanol–water partition coefficient (Wildman–Crippen LogP) is 2.70. The highest BCUT2D eigenvalue weighted by Crippen LogP contribution is 2.16. The minimum atomic E-state index is 0.531. The lowest BCUT2D eigenvalue weighted by atomic mass is 9.96. The minimum absolute atomic E-state index is 0.531. The fourth-order valence-corrected chi connectivity index (χ4v) is 1.81. The van der Waals surface area contributed by atoms with Gasteiger partial charge in [0.25, 0.3) is 0 Å². The maximum absolute atomic E-state index is 3.71. The quantitative estimate of drug-likeness (QED) is 0.582. The van der Waals surface area contributed by atoms with Gasteiger partial charge in [0.1, 0.15) is 0 Å². The maximum atomic E-state index is 3.71. The van der Waals surface area contributed by atoms with Crippen LogP contribution < -0.4 is 0 Å². The van der Waals surface area contributed by atoms with Crippen LogP contribution in [0.5, 0.6) is 0 Å². The van der Waals surface area contributed by atoms with E-state index < -0.39 is 0 Å². The number of rotatable bonds is 4. The third kappa shape index (κ3) is 3.22. The fraction of sp³-hybridized carbons (Fsp3) is 0.636. The van der Waals surface area contributed by atoms with Gasteiger partial charge in [0.05, 0.1) is 0 Å². The first-order valence-corrected chi connectivity index (χ1v) is 4.46. The van der Waals surface area contributed by atoms with E-state index in [1.54, 1.807) is 0 Å². The van der Waals surface area contributed by atoms with Gasteiger partial charge >= 0.3 is 0 Å². The zero-order valence-corrected chi connectivity index (χ0v) is 8.96. The molecule has 1 nitrogen and oxygen atoms in total. The summed E-state index contributed by atoms with van der Waals surface area (Å²) in [5.74, 6) is 0.649. The van der Waals surface area contributed by atoms with Gasteiger partial charge in [-0.15, -0.1) is 0 Å². The monoisotopic (exact) mass is 167 g/mol. The van der Waals surface area contributed by atoms with E-state index in [1.807, 2.05) is 6.08 Å². The van der Waals surface area contributed by atoms with E-state index in [0.717, 1.165) is 0 Å². The molecule has 0 saturated carbocycles. The summed E-state index contributed by atoms with van der Waals surface area (Å²) >= 11 is 0. The molecule has 0 rings (SSSR count). The average molecular weight is 167 g/mol. The van der Waals surface area contributed by atoms with Gasteiger partial charge < -0.3 is 4.90 Å². The van der Waals surface area contributed by atoms with E-state index in [-0.39, 0.29) is 0 Å². The fourth-order valence-electron chi connectivity index (χ4n) is 1.81. The van der Waals surface area contributed by atoms with E-state index in [9.17, 15) is 0 Å². The summed E-state index contributed by atoms with van der Waals surface area (Å²) < 4.78 is 0. The molecule has 0 spiro atoms. The molecule has 1 unspecified atom stereocenters. The van der Waals surface area contributed by atoms with Gasteiger partial charge in [-0.3, -0.25) is 0 Å². The maximum Gasteiger partial charge on any atom is 0.0324 e. The Labute approximate surface area is 76.8 Å². The normalized spacial score (nSPS) is 15.4. The van der Waals surface area contributed by atoms with Gasteiger partial charge in [-0.25, -0.2) is 0 Å². The molecule has 0 aliphatic carbocycles. The van der Waals surface area contributed by atoms with Crippen LogP contribution in [0.3, 0.4) is 0 Å². The Hall–Kier alpha value is -0.560. The minimum Gasteiger partial charge on any atom is -0.302 e. The third-order valence-corrected chi connectivity index (χ3v) is 2.04. The Balaban J connectivity index is 4.50. The molecule has 1 heteroatoms. The van der Waals surface area contributed by atoms with Crippen molar-refractivity contribution in [2.24, 2.45) is 5.92 Å². The van der Waals surface area contributed by atoms with Crippen molar-refractivity contribution in [3.63, 3.8) is 0 Å². The number of hydrogen-bond acceptors (Lipinski definition) is 1. The molecular formula is C11H21N. The van der Waals surface area contributed by atoms with E-state index in [1.165, 1.54) is 5.57 Å². The first-order chi connectivity index (χ1) is 5.50. The molecule has 12 heavy (non-hydrogen) atoms. The van der Waals surface area contributed by atoms with E-state index in [2.05, 4.69) is 52.4 Å². The summed E-state index contributed by atoms with van der Waals surface area (Å²) in [4.78, 5) is 2.25. The summed E-state index contributed by atoms with van der Waals surface area (Å²) in [6.45, 7) is 10.3. The summed E-state index contributed by atoms with van der Waals surface area (Å²) in [6, 6.07) is 0.531. The topological polar surface area (TPSA) is 3.24 Å². The average Bonchev–Trinajstić information content (AvgIpc) is 1.85. The second-order valence-electron chi connectivity index (χ2n) is 3.80. The first-order valence-electron chi connectivity index (χ1n) is 4.46. The van der Waals surface area contributed by atoms with Crippen LogP contribution in [0.1, 0.15) is 20.8 Å². The Kier molecular flexibility index (Phi) is 4.91. The van der Waals surface area contributed by atoms with Crippen molar-refractivity contribution >= 4 is 0 Å². The molecule has 0 aliphatic rings. The van der Waals surface area contributed by atoms with Crippen molar-refractivity contribution in [1.29, 1.82) is 0 Å². The van der Waals surface area contributed by atoms with E-state index in [0.29, 0.717) is 12.0 Å². The Bertz CT molecular complexity index is 158. The summed E-state index contributed by atoms with van der Waals surface area (Å²) in [6.07, 6.45) is 3.94. The molecule has 0 aromatic heterocycles. The lowest BCUT2D eigenvalue weighted by molar-refractivity contribution is 0.267. The summed E-state index contributed by atoms with van der Waals surface area (Å²) in [5.41, 5.74) is 1.38. The Morgan fingerprint density at radius 1 is 1.33 bits per heavy atom. The standard InChI is InChI=1S/C11H21N/c1-7-8-10(4)11(9(2)3)12(5)6/h7-9,11H,1H2,2-6H3/b10-8-. The molecule has 0 saturated heterocycles. The molecule has 1 atom stereocenters. The molecule has 0 aliphatic heterocycles. The van der Waals surface area contributed by atoms with Gasteiger partial charge in [0.15, 0.2) is 0 Å². The van der Waals surface area contributed by atoms with Crippen LogP contribution in [0.25, 0.3) is 0 Å². The highest BCUT2D eigenvalue weighted by molar-refractivity contribution is 5.14. The lowest BCUT2D eigenvalue weighted by Gasteiger charge is -2.28. The van der Waals surface area contributed by atoms with Gasteiger partial charge in [0.2, 0.25) is 0 Å². The third-order valence-electron chi connectivity index (χ3n) is 2.04. The first kappa shape index (κ1) is 11.4. The van der Waals surface area contributed by atoms with Crippen LogP contribution in [-0.2, 0) is 0 Å². The van der Waals surface area contributed by atoms with Crippen molar-refractivity contribution in [3.8, 4) is 0 Å². The molecule has 0 aromatic rings. The Morgan fingerprint density at radius 3 is 2.08 bits per heavy atom. The number of nitrogens with zero attached hydrogens (tertiary/aromatic N) is 1. The summed E-state index contributed by atoms with van der Waals surface area (Å²) in [7, 11) is 4.23. The van der Waals surface area contributed by atoms with Gasteiger partial charge in [-0.05, 0) is 26.9 Å². The molecule has 0 amide bonds. The van der Waals surface area contributed by atoms with E-state index >= 15 is 0 Å². The van der Waals surface area contributed by atoms with E-state index in [4.69, 9.17) is 0 Å². The van der Waals surface area contributed by atoms with Crippen molar-refractivity contribution in [3.05, 3.63) is 24.3 Å². The number of allylic oxidation sites excluding steroid dienone is 2. The number of likely N-dealkylation sites (N-methyl/N-ethyl adjacent to an activating group) is 1. The highest BCUT2D eigenvalue weighted by atomic mass is 15.1. The molecule has 0 fully saturated rings. The predicted molar refractivity (Wildman–Crippen MR) is 56.3 cm³/mol. The highest BCUT2D eigenvalue weighted by Gasteiger charge is 2.16. The van der Waals surface area contributed by atoms with Crippen molar-refractivity contribution in [2.75, 3.05) is 14.1 Å². The van der Waals surface area contributed by atoms with Crippen molar-refractivity contribution < 1.29 is 0 Å². The van der Waals surface area contributed by atoms with Crippen LogP contribution in [0.2, 0.25) is 0 Å². The molecule has 70 valence electrons. The summed E-state index contributed by atoms with van der Waals surface area (Å²) in [5, 5.41) is 0. The van der Waals surface area contributed by atoms with Crippen molar-refractivity contribution in [1.82, 2.24) is 4.90 Å². The second-order valence-corrected chi connectivity index (χ2v) is 3.80. The molecule has 0 N–H and O–H groups in total. The number of hydrogen-bond donors (Lipinski definition) is 0. The largest absolute Gasteiger partial charge is 0.302 e. The SMILES string of the molecule is C=C/C=C(/C)C(C(C)C)N(C)C. The molecule has 0 aromatic carbocycles. The van der Waals surface area contributed by atoms with Crippen LogP contribution in [0, 0.1) is 5.92 Å². The van der Waals surface area contributed by atoms with Gasteiger partial charge in [-0.1, -0.05) is 38.2 Å². The second kappa shape index (κ2) is 5.15. The van der Waals surface area contributed by atoms with Gasteiger partial charge in [-0.2, -0.15) is 0 Å². The van der Waals surface area contributed by atoms with Crippen LogP contribution >= 0.6 is 0 Å².